The van der Waals surface area contributed by atoms with E-state index >= 15 is 0 Å². The quantitative estimate of drug-likeness (QED) is 0.481. The number of methoxy groups -OCH3 is 1. The number of ether oxygens (including phenoxy) is 1. The maximum Gasteiger partial charge on any atom is 0.341 e. The summed E-state index contributed by atoms with van der Waals surface area (Å²) < 4.78 is 30.7. The highest BCUT2D eigenvalue weighted by molar-refractivity contribution is 7.89. The monoisotopic (exact) mass is 427 g/mol. The average Bonchev–Trinajstić information content (AvgIpc) is 2.96. The number of rotatable bonds is 6. The van der Waals surface area contributed by atoms with Gasteiger partial charge in [0.05, 0.1) is 17.6 Å². The third kappa shape index (κ3) is 4.83. The van der Waals surface area contributed by atoms with Crippen LogP contribution in [0.1, 0.15) is 27.7 Å². The van der Waals surface area contributed by atoms with Crippen molar-refractivity contribution in [3.8, 4) is 0 Å². The molecule has 7 nitrogen and oxygen atoms in total. The van der Waals surface area contributed by atoms with E-state index in [0.29, 0.717) is 22.7 Å². The van der Waals surface area contributed by atoms with Crippen molar-refractivity contribution in [3.63, 3.8) is 0 Å². The van der Waals surface area contributed by atoms with Crippen LogP contribution < -0.4 is 15.4 Å². The Morgan fingerprint density at radius 3 is 2.37 bits per heavy atom. The smallest absolute Gasteiger partial charge is 0.341 e. The number of sulfonamides is 1. The molecule has 0 radical (unpaired) electrons. The zero-order chi connectivity index (χ0) is 20.2. The van der Waals surface area contributed by atoms with Crippen LogP contribution in [0.3, 0.4) is 0 Å². The Morgan fingerprint density at radius 1 is 1.22 bits per heavy atom. The van der Waals surface area contributed by atoms with E-state index in [4.69, 9.17) is 17.0 Å². The minimum absolute atomic E-state index is 0.156. The first-order valence-corrected chi connectivity index (χ1v) is 10.8. The highest BCUT2D eigenvalue weighted by Gasteiger charge is 2.22. The molecule has 0 spiro atoms. The molecule has 0 saturated carbocycles. The largest absolute Gasteiger partial charge is 0.465 e. The summed E-state index contributed by atoms with van der Waals surface area (Å²) in [4.78, 5) is 13.3. The first-order chi connectivity index (χ1) is 12.7. The standard InChI is InChI=1S/C17H21N3O4S3/c1-5-13-10(2)26-15(14(13)16(21)24-4)20-17(25)19-11-6-8-12(9-7-11)27(22,23)18-3/h6-9,18H,5H2,1-4H3,(H2,19,20,25). The number of carbonyl (C=O) groups excluding carboxylic acids is 1. The molecule has 27 heavy (non-hydrogen) atoms. The number of nitrogens with one attached hydrogen (secondary N) is 3. The molecule has 1 aromatic carbocycles. The number of thiophene rings is 1. The summed E-state index contributed by atoms with van der Waals surface area (Å²) in [7, 11) is -0.794. The Morgan fingerprint density at radius 2 is 1.85 bits per heavy atom. The Labute approximate surface area is 168 Å². The van der Waals surface area contributed by atoms with Crippen LogP contribution in [-0.4, -0.2) is 33.7 Å². The summed E-state index contributed by atoms with van der Waals surface area (Å²) >= 11 is 6.75. The van der Waals surface area contributed by atoms with Gasteiger partial charge in [0, 0.05) is 10.6 Å². The maximum atomic E-state index is 12.1. The lowest BCUT2D eigenvalue weighted by Gasteiger charge is -2.11. The minimum atomic E-state index is -3.49. The predicted molar refractivity (Wildman–Crippen MR) is 112 cm³/mol. The van der Waals surface area contributed by atoms with E-state index in [1.807, 2.05) is 13.8 Å². The topological polar surface area (TPSA) is 96.5 Å². The molecular formula is C17H21N3O4S3. The number of thiocarbonyl (C=S) groups is 1. The van der Waals surface area contributed by atoms with E-state index in [2.05, 4.69) is 15.4 Å². The van der Waals surface area contributed by atoms with Gasteiger partial charge in [-0.25, -0.2) is 17.9 Å². The fourth-order valence-corrected chi connectivity index (χ4v) is 4.66. The van der Waals surface area contributed by atoms with Gasteiger partial charge in [-0.3, -0.25) is 0 Å². The molecule has 2 aromatic rings. The second-order valence-corrected chi connectivity index (χ2v) is 9.02. The lowest BCUT2D eigenvalue weighted by atomic mass is 10.1. The third-order valence-electron chi connectivity index (χ3n) is 3.87. The van der Waals surface area contributed by atoms with Crippen LogP contribution in [0, 0.1) is 6.92 Å². The van der Waals surface area contributed by atoms with Crippen molar-refractivity contribution in [1.29, 1.82) is 0 Å². The third-order valence-corrected chi connectivity index (χ3v) is 6.57. The molecule has 0 aliphatic rings. The number of benzene rings is 1. The van der Waals surface area contributed by atoms with Crippen molar-refractivity contribution in [2.45, 2.75) is 25.2 Å². The molecule has 0 aliphatic carbocycles. The van der Waals surface area contributed by atoms with Gasteiger partial charge in [0.1, 0.15) is 5.00 Å². The van der Waals surface area contributed by atoms with Crippen LogP contribution >= 0.6 is 23.6 Å². The van der Waals surface area contributed by atoms with E-state index in [-0.39, 0.29) is 10.0 Å². The zero-order valence-electron chi connectivity index (χ0n) is 15.4. The first-order valence-electron chi connectivity index (χ1n) is 8.05. The van der Waals surface area contributed by atoms with E-state index in [9.17, 15) is 13.2 Å². The van der Waals surface area contributed by atoms with Gasteiger partial charge in [-0.05, 0) is 62.4 Å². The van der Waals surface area contributed by atoms with Gasteiger partial charge in [-0.1, -0.05) is 6.92 Å². The van der Waals surface area contributed by atoms with Crippen molar-refractivity contribution in [2.24, 2.45) is 0 Å². The number of hydrogen-bond acceptors (Lipinski definition) is 6. The molecule has 1 heterocycles. The summed E-state index contributed by atoms with van der Waals surface area (Å²) in [6.07, 6.45) is 0.704. The molecule has 0 fully saturated rings. The number of esters is 1. The summed E-state index contributed by atoms with van der Waals surface area (Å²) in [5, 5.41) is 6.91. The van der Waals surface area contributed by atoms with E-state index in [0.717, 1.165) is 10.4 Å². The van der Waals surface area contributed by atoms with Crippen molar-refractivity contribution < 1.29 is 17.9 Å². The van der Waals surface area contributed by atoms with Gasteiger partial charge < -0.3 is 15.4 Å². The van der Waals surface area contributed by atoms with Gasteiger partial charge in [0.15, 0.2) is 5.11 Å². The van der Waals surface area contributed by atoms with Crippen LogP contribution in [0.5, 0.6) is 0 Å². The number of carbonyl (C=O) groups is 1. The normalized spacial score (nSPS) is 11.1. The lowest BCUT2D eigenvalue weighted by Crippen LogP contribution is -2.21. The van der Waals surface area contributed by atoms with Crippen LogP contribution in [-0.2, 0) is 21.2 Å². The number of anilines is 2. The molecule has 0 amide bonds. The van der Waals surface area contributed by atoms with Gasteiger partial charge in [0.25, 0.3) is 0 Å². The van der Waals surface area contributed by atoms with Gasteiger partial charge in [0.2, 0.25) is 10.0 Å². The second-order valence-electron chi connectivity index (χ2n) is 5.50. The van der Waals surface area contributed by atoms with Crippen molar-refractivity contribution >= 4 is 55.3 Å². The molecule has 0 saturated heterocycles. The van der Waals surface area contributed by atoms with E-state index in [1.165, 1.54) is 37.6 Å². The zero-order valence-corrected chi connectivity index (χ0v) is 17.8. The van der Waals surface area contributed by atoms with Crippen LogP contribution in [0.2, 0.25) is 0 Å². The lowest BCUT2D eigenvalue weighted by molar-refractivity contribution is 0.0601. The summed E-state index contributed by atoms with van der Waals surface area (Å²) in [6, 6.07) is 6.16. The van der Waals surface area contributed by atoms with Gasteiger partial charge in [-0.2, -0.15) is 0 Å². The SMILES string of the molecule is CCc1c(C)sc(NC(=S)Nc2ccc(S(=O)(=O)NC)cc2)c1C(=O)OC. The molecule has 0 bridgehead atoms. The van der Waals surface area contributed by atoms with Gasteiger partial charge in [-0.15, -0.1) is 11.3 Å². The highest BCUT2D eigenvalue weighted by Crippen LogP contribution is 2.34. The number of aryl methyl sites for hydroxylation is 1. The second kappa shape index (κ2) is 8.79. The van der Waals surface area contributed by atoms with Crippen molar-refractivity contribution in [2.75, 3.05) is 24.8 Å². The molecule has 2 rings (SSSR count). The minimum Gasteiger partial charge on any atom is -0.465 e. The molecule has 0 aliphatic heterocycles. The molecule has 146 valence electrons. The Bertz CT molecular complexity index is 951. The molecule has 0 atom stereocenters. The average molecular weight is 428 g/mol. The molecule has 10 heteroatoms. The van der Waals surface area contributed by atoms with Crippen molar-refractivity contribution in [3.05, 3.63) is 40.3 Å². The van der Waals surface area contributed by atoms with Crippen molar-refractivity contribution in [1.82, 2.24) is 4.72 Å². The van der Waals surface area contributed by atoms with E-state index in [1.54, 1.807) is 12.1 Å². The van der Waals surface area contributed by atoms with Gasteiger partial charge >= 0.3 is 5.97 Å². The molecule has 3 N–H and O–H groups in total. The molecule has 1 aromatic heterocycles. The Hall–Kier alpha value is -2.01. The number of hydrogen-bond donors (Lipinski definition) is 3. The fraction of sp³-hybridized carbons (Fsp3) is 0.294. The van der Waals surface area contributed by atoms with Crippen LogP contribution in [0.15, 0.2) is 29.2 Å². The first kappa shape index (κ1) is 21.3. The summed E-state index contributed by atoms with van der Waals surface area (Å²) in [6.45, 7) is 3.92. The highest BCUT2D eigenvalue weighted by atomic mass is 32.2. The Kier molecular flexibility index (Phi) is 6.93. The molecule has 0 unspecified atom stereocenters. The fourth-order valence-electron chi connectivity index (χ4n) is 2.51. The van der Waals surface area contributed by atoms with Crippen LogP contribution in [0.25, 0.3) is 0 Å². The van der Waals surface area contributed by atoms with Crippen LogP contribution in [0.4, 0.5) is 10.7 Å². The predicted octanol–water partition coefficient (Wildman–Crippen LogP) is 3.12. The summed E-state index contributed by atoms with van der Waals surface area (Å²) in [5.41, 5.74) is 2.03. The Balaban J connectivity index is 2.18. The maximum absolute atomic E-state index is 12.1. The van der Waals surface area contributed by atoms with E-state index < -0.39 is 16.0 Å². The molecular weight excluding hydrogens is 406 g/mol. The summed E-state index contributed by atoms with van der Waals surface area (Å²) in [5.74, 6) is -0.414.